The lowest BCUT2D eigenvalue weighted by atomic mass is 10.2. The van der Waals surface area contributed by atoms with Gasteiger partial charge in [0, 0.05) is 43.6 Å². The lowest BCUT2D eigenvalue weighted by Crippen LogP contribution is -2.50. The number of aromatic nitrogens is 2. The van der Waals surface area contributed by atoms with E-state index >= 15 is 0 Å². The Morgan fingerprint density at radius 3 is 2.52 bits per heavy atom. The molecular formula is C18H19ClN4O4. The van der Waals surface area contributed by atoms with E-state index in [-0.39, 0.29) is 18.1 Å². The van der Waals surface area contributed by atoms with Crippen molar-refractivity contribution >= 4 is 29.4 Å². The summed E-state index contributed by atoms with van der Waals surface area (Å²) >= 11 is 5.91. The molecule has 1 aliphatic heterocycles. The van der Waals surface area contributed by atoms with E-state index in [1.807, 2.05) is 4.90 Å². The Morgan fingerprint density at radius 2 is 1.85 bits per heavy atom. The van der Waals surface area contributed by atoms with Crippen LogP contribution in [0.15, 0.2) is 36.7 Å². The topological polar surface area (TPSA) is 84.9 Å². The zero-order chi connectivity index (χ0) is 19.2. The van der Waals surface area contributed by atoms with Gasteiger partial charge in [-0.15, -0.1) is 0 Å². The van der Waals surface area contributed by atoms with E-state index in [4.69, 9.17) is 21.1 Å². The van der Waals surface area contributed by atoms with E-state index in [0.29, 0.717) is 42.9 Å². The van der Waals surface area contributed by atoms with Crippen LogP contribution in [-0.2, 0) is 9.53 Å². The SMILES string of the molecule is COc1ccc(Cl)cc1C(=O)OCC(=O)N1CCN(c2ncccn2)CC1. The highest BCUT2D eigenvalue weighted by molar-refractivity contribution is 6.31. The fourth-order valence-corrected chi connectivity index (χ4v) is 2.92. The fraction of sp³-hybridized carbons (Fsp3) is 0.333. The third-order valence-corrected chi connectivity index (χ3v) is 4.41. The van der Waals surface area contributed by atoms with Gasteiger partial charge in [-0.05, 0) is 24.3 Å². The van der Waals surface area contributed by atoms with Crippen LogP contribution in [0.25, 0.3) is 0 Å². The number of esters is 1. The zero-order valence-corrected chi connectivity index (χ0v) is 15.6. The van der Waals surface area contributed by atoms with Crippen molar-refractivity contribution in [2.75, 3.05) is 44.8 Å². The Kier molecular flexibility index (Phi) is 6.08. The molecule has 142 valence electrons. The van der Waals surface area contributed by atoms with Crippen LogP contribution in [0.3, 0.4) is 0 Å². The highest BCUT2D eigenvalue weighted by atomic mass is 35.5. The minimum absolute atomic E-state index is 0.184. The number of ether oxygens (including phenoxy) is 2. The molecule has 2 aromatic rings. The second kappa shape index (κ2) is 8.68. The Hall–Kier alpha value is -2.87. The highest BCUT2D eigenvalue weighted by Crippen LogP contribution is 2.23. The van der Waals surface area contributed by atoms with Crippen LogP contribution < -0.4 is 9.64 Å². The second-order valence-corrected chi connectivity index (χ2v) is 6.27. The van der Waals surface area contributed by atoms with Crippen molar-refractivity contribution in [1.29, 1.82) is 0 Å². The summed E-state index contributed by atoms with van der Waals surface area (Å²) in [5.41, 5.74) is 0.184. The Labute approximate surface area is 161 Å². The van der Waals surface area contributed by atoms with Gasteiger partial charge in [-0.3, -0.25) is 4.79 Å². The summed E-state index contributed by atoms with van der Waals surface area (Å²) in [5.74, 6) is 0.0781. The van der Waals surface area contributed by atoms with Gasteiger partial charge in [0.1, 0.15) is 11.3 Å². The number of nitrogens with zero attached hydrogens (tertiary/aromatic N) is 4. The van der Waals surface area contributed by atoms with Crippen molar-refractivity contribution in [3.63, 3.8) is 0 Å². The molecule has 0 N–H and O–H groups in total. The number of anilines is 1. The molecule has 0 saturated carbocycles. The van der Waals surface area contributed by atoms with Gasteiger partial charge in [0.05, 0.1) is 7.11 Å². The molecule has 1 fully saturated rings. The molecular weight excluding hydrogens is 372 g/mol. The molecule has 8 nitrogen and oxygen atoms in total. The number of carbonyl (C=O) groups excluding carboxylic acids is 2. The van der Waals surface area contributed by atoms with E-state index in [1.165, 1.54) is 13.2 Å². The van der Waals surface area contributed by atoms with Crippen molar-refractivity contribution in [3.8, 4) is 5.75 Å². The summed E-state index contributed by atoms with van der Waals surface area (Å²) in [6.07, 6.45) is 3.37. The number of halogens is 1. The molecule has 0 atom stereocenters. The first kappa shape index (κ1) is 18.9. The van der Waals surface area contributed by atoms with Gasteiger partial charge in [0.25, 0.3) is 5.91 Å². The smallest absolute Gasteiger partial charge is 0.342 e. The van der Waals surface area contributed by atoms with Gasteiger partial charge in [0.2, 0.25) is 5.95 Å². The minimum Gasteiger partial charge on any atom is -0.496 e. The fourth-order valence-electron chi connectivity index (χ4n) is 2.75. The van der Waals surface area contributed by atoms with Crippen LogP contribution in [0.2, 0.25) is 5.02 Å². The molecule has 0 aliphatic carbocycles. The number of piperazine rings is 1. The van der Waals surface area contributed by atoms with Crippen molar-refractivity contribution < 1.29 is 19.1 Å². The normalized spacial score (nSPS) is 14.0. The average Bonchev–Trinajstić information content (AvgIpc) is 2.72. The van der Waals surface area contributed by atoms with Crippen molar-refractivity contribution in [1.82, 2.24) is 14.9 Å². The summed E-state index contributed by atoms with van der Waals surface area (Å²) in [4.78, 5) is 36.7. The molecule has 0 spiro atoms. The number of amides is 1. The van der Waals surface area contributed by atoms with Gasteiger partial charge < -0.3 is 19.3 Å². The van der Waals surface area contributed by atoms with Gasteiger partial charge in [-0.1, -0.05) is 11.6 Å². The van der Waals surface area contributed by atoms with E-state index in [1.54, 1.807) is 35.5 Å². The van der Waals surface area contributed by atoms with E-state index in [2.05, 4.69) is 9.97 Å². The Balaban J connectivity index is 1.52. The molecule has 0 unspecified atom stereocenters. The summed E-state index contributed by atoms with van der Waals surface area (Å²) in [6, 6.07) is 6.39. The van der Waals surface area contributed by atoms with Gasteiger partial charge in [0.15, 0.2) is 6.61 Å². The molecule has 0 bridgehead atoms. The lowest BCUT2D eigenvalue weighted by Gasteiger charge is -2.34. The van der Waals surface area contributed by atoms with Crippen LogP contribution in [0, 0.1) is 0 Å². The van der Waals surface area contributed by atoms with Crippen LogP contribution in [0.5, 0.6) is 5.75 Å². The highest BCUT2D eigenvalue weighted by Gasteiger charge is 2.24. The molecule has 27 heavy (non-hydrogen) atoms. The molecule has 2 heterocycles. The second-order valence-electron chi connectivity index (χ2n) is 5.84. The first-order valence-electron chi connectivity index (χ1n) is 8.39. The van der Waals surface area contributed by atoms with Crippen molar-refractivity contribution in [3.05, 3.63) is 47.2 Å². The monoisotopic (exact) mass is 390 g/mol. The average molecular weight is 391 g/mol. The van der Waals surface area contributed by atoms with Crippen LogP contribution in [-0.4, -0.2) is 66.6 Å². The first-order valence-corrected chi connectivity index (χ1v) is 8.76. The summed E-state index contributed by atoms with van der Waals surface area (Å²) < 4.78 is 10.3. The molecule has 1 saturated heterocycles. The largest absolute Gasteiger partial charge is 0.496 e. The zero-order valence-electron chi connectivity index (χ0n) is 14.8. The predicted molar refractivity (Wildman–Crippen MR) is 99.1 cm³/mol. The number of hydrogen-bond acceptors (Lipinski definition) is 7. The van der Waals surface area contributed by atoms with E-state index in [9.17, 15) is 9.59 Å². The maximum atomic E-state index is 12.3. The number of benzene rings is 1. The van der Waals surface area contributed by atoms with E-state index in [0.717, 1.165) is 0 Å². The molecule has 0 radical (unpaired) electrons. The summed E-state index contributed by atoms with van der Waals surface area (Å²) in [7, 11) is 1.45. The van der Waals surface area contributed by atoms with Crippen molar-refractivity contribution in [2.45, 2.75) is 0 Å². The summed E-state index contributed by atoms with van der Waals surface area (Å²) in [6.45, 7) is 1.91. The number of methoxy groups -OCH3 is 1. The minimum atomic E-state index is -0.654. The van der Waals surface area contributed by atoms with E-state index < -0.39 is 5.97 Å². The maximum absolute atomic E-state index is 12.3. The third kappa shape index (κ3) is 4.65. The predicted octanol–water partition coefficient (Wildman–Crippen LogP) is 1.64. The van der Waals surface area contributed by atoms with Gasteiger partial charge in [-0.2, -0.15) is 0 Å². The molecule has 3 rings (SSSR count). The molecule has 9 heteroatoms. The maximum Gasteiger partial charge on any atom is 0.342 e. The van der Waals surface area contributed by atoms with Crippen LogP contribution >= 0.6 is 11.6 Å². The van der Waals surface area contributed by atoms with Crippen LogP contribution in [0.4, 0.5) is 5.95 Å². The standard InChI is InChI=1S/C18H19ClN4O4/c1-26-15-4-3-13(19)11-14(15)17(25)27-12-16(24)22-7-9-23(10-8-22)18-20-5-2-6-21-18/h2-6,11H,7-10,12H2,1H3. The molecule has 1 amide bonds. The third-order valence-electron chi connectivity index (χ3n) is 4.18. The summed E-state index contributed by atoms with van der Waals surface area (Å²) in [5, 5.41) is 0.383. The Morgan fingerprint density at radius 1 is 1.15 bits per heavy atom. The van der Waals surface area contributed by atoms with Gasteiger partial charge >= 0.3 is 5.97 Å². The van der Waals surface area contributed by atoms with Crippen LogP contribution in [0.1, 0.15) is 10.4 Å². The number of carbonyl (C=O) groups is 2. The molecule has 1 aromatic carbocycles. The van der Waals surface area contributed by atoms with Gasteiger partial charge in [-0.25, -0.2) is 14.8 Å². The number of rotatable bonds is 5. The molecule has 1 aromatic heterocycles. The Bertz CT molecular complexity index is 810. The first-order chi connectivity index (χ1) is 13.1. The lowest BCUT2D eigenvalue weighted by molar-refractivity contribution is -0.134. The quantitative estimate of drug-likeness (QED) is 0.717. The number of hydrogen-bond donors (Lipinski definition) is 0. The molecule has 1 aliphatic rings. The van der Waals surface area contributed by atoms with Crippen molar-refractivity contribution in [2.24, 2.45) is 0 Å².